The van der Waals surface area contributed by atoms with E-state index in [1.807, 2.05) is 20.8 Å². The van der Waals surface area contributed by atoms with Crippen LogP contribution in [0.2, 0.25) is 0 Å². The second kappa shape index (κ2) is 8.24. The maximum atomic E-state index is 12.6. The molecular formula is C19H21N3O4S2. The number of thiazole rings is 1. The predicted octanol–water partition coefficient (Wildman–Crippen LogP) is 3.79. The van der Waals surface area contributed by atoms with E-state index in [1.165, 1.54) is 11.3 Å². The van der Waals surface area contributed by atoms with E-state index in [2.05, 4.69) is 15.5 Å². The van der Waals surface area contributed by atoms with Crippen molar-refractivity contribution in [3.8, 4) is 0 Å². The molecule has 148 valence electrons. The van der Waals surface area contributed by atoms with Crippen LogP contribution in [0, 0.1) is 6.92 Å². The Kier molecular flexibility index (Phi) is 5.95. The number of carbonyl (C=O) groups excluding carboxylic acids is 1. The van der Waals surface area contributed by atoms with Gasteiger partial charge in [-0.1, -0.05) is 36.7 Å². The van der Waals surface area contributed by atoms with Crippen molar-refractivity contribution in [2.45, 2.75) is 44.3 Å². The minimum Gasteiger partial charge on any atom is -0.360 e. The van der Waals surface area contributed by atoms with Crippen molar-refractivity contribution in [3.05, 3.63) is 57.9 Å². The number of carbonyl (C=O) groups is 1. The number of hydrogen-bond donors (Lipinski definition) is 1. The largest absolute Gasteiger partial charge is 0.360 e. The summed E-state index contributed by atoms with van der Waals surface area (Å²) < 4.78 is 30.3. The number of anilines is 1. The van der Waals surface area contributed by atoms with Gasteiger partial charge in [-0.25, -0.2) is 13.4 Å². The van der Waals surface area contributed by atoms with Crippen molar-refractivity contribution in [3.63, 3.8) is 0 Å². The molecule has 28 heavy (non-hydrogen) atoms. The normalized spacial score (nSPS) is 11.5. The Morgan fingerprint density at radius 1 is 1.18 bits per heavy atom. The van der Waals surface area contributed by atoms with E-state index in [4.69, 9.17) is 4.52 Å². The highest BCUT2D eigenvalue weighted by molar-refractivity contribution is 7.90. The Bertz CT molecular complexity index is 1060. The lowest BCUT2D eigenvalue weighted by molar-refractivity contribution is 0.102. The van der Waals surface area contributed by atoms with Crippen LogP contribution in [-0.2, 0) is 28.4 Å². The van der Waals surface area contributed by atoms with Gasteiger partial charge in [0.15, 0.2) is 15.0 Å². The van der Waals surface area contributed by atoms with Gasteiger partial charge in [0.2, 0.25) is 0 Å². The second-order valence-corrected chi connectivity index (χ2v) is 9.15. The zero-order valence-corrected chi connectivity index (χ0v) is 17.5. The summed E-state index contributed by atoms with van der Waals surface area (Å²) >= 11 is 1.18. The molecule has 3 rings (SSSR count). The Hall–Kier alpha value is -2.52. The molecule has 0 fully saturated rings. The predicted molar refractivity (Wildman–Crippen MR) is 107 cm³/mol. The second-order valence-electron chi connectivity index (χ2n) is 6.30. The molecule has 0 saturated carbocycles. The first-order chi connectivity index (χ1) is 13.3. The molecule has 0 aliphatic carbocycles. The van der Waals surface area contributed by atoms with E-state index in [9.17, 15) is 13.2 Å². The third kappa shape index (κ3) is 4.31. The average Bonchev–Trinajstić information content (AvgIpc) is 3.27. The number of nitrogens with zero attached hydrogens (tertiary/aromatic N) is 2. The van der Waals surface area contributed by atoms with Crippen molar-refractivity contribution < 1.29 is 17.7 Å². The first-order valence-corrected chi connectivity index (χ1v) is 11.4. The van der Waals surface area contributed by atoms with Crippen LogP contribution in [0.3, 0.4) is 0 Å². The molecule has 2 aromatic heterocycles. The summed E-state index contributed by atoms with van der Waals surface area (Å²) in [5, 5.41) is 8.62. The van der Waals surface area contributed by atoms with Gasteiger partial charge in [-0.3, -0.25) is 10.1 Å². The van der Waals surface area contributed by atoms with Crippen LogP contribution < -0.4 is 5.32 Å². The Balaban J connectivity index is 1.75. The highest BCUT2D eigenvalue weighted by Gasteiger charge is 2.22. The zero-order chi connectivity index (χ0) is 20.3. The number of benzene rings is 1. The maximum Gasteiger partial charge on any atom is 0.262 e. The molecule has 0 saturated heterocycles. The molecule has 7 nitrogen and oxygen atoms in total. The molecule has 1 aromatic carbocycles. The highest BCUT2D eigenvalue weighted by Crippen LogP contribution is 2.23. The van der Waals surface area contributed by atoms with Crippen LogP contribution in [0.4, 0.5) is 5.13 Å². The fraction of sp³-hybridized carbons (Fsp3) is 0.316. The maximum absolute atomic E-state index is 12.6. The van der Waals surface area contributed by atoms with Crippen molar-refractivity contribution in [1.29, 1.82) is 0 Å². The van der Waals surface area contributed by atoms with Gasteiger partial charge in [0.05, 0.1) is 22.0 Å². The van der Waals surface area contributed by atoms with Gasteiger partial charge in [-0.2, -0.15) is 0 Å². The molecule has 0 spiro atoms. The van der Waals surface area contributed by atoms with Crippen molar-refractivity contribution >= 4 is 32.2 Å². The summed E-state index contributed by atoms with van der Waals surface area (Å²) in [6.45, 7) is 5.68. The highest BCUT2D eigenvalue weighted by atomic mass is 32.2. The van der Waals surface area contributed by atoms with Crippen LogP contribution in [0.25, 0.3) is 0 Å². The summed E-state index contributed by atoms with van der Waals surface area (Å²) in [5.74, 6) is -0.0545. The molecule has 1 N–H and O–H groups in total. The van der Waals surface area contributed by atoms with E-state index < -0.39 is 9.84 Å². The molecule has 0 unspecified atom stereocenters. The minimum atomic E-state index is -3.50. The quantitative estimate of drug-likeness (QED) is 0.625. The summed E-state index contributed by atoms with van der Waals surface area (Å²) in [6, 6.07) is 6.69. The zero-order valence-electron chi connectivity index (χ0n) is 15.9. The van der Waals surface area contributed by atoms with Gasteiger partial charge in [0.25, 0.3) is 5.91 Å². The molecule has 9 heteroatoms. The van der Waals surface area contributed by atoms with Gasteiger partial charge in [-0.05, 0) is 25.5 Å². The smallest absolute Gasteiger partial charge is 0.262 e. The number of nitrogens with one attached hydrogen (secondary N) is 1. The molecule has 0 bridgehead atoms. The van der Waals surface area contributed by atoms with E-state index in [0.29, 0.717) is 40.7 Å². The van der Waals surface area contributed by atoms with Crippen LogP contribution in [0.15, 0.2) is 39.1 Å². The summed E-state index contributed by atoms with van der Waals surface area (Å²) in [4.78, 5) is 17.1. The molecule has 0 radical (unpaired) electrons. The first kappa shape index (κ1) is 20.2. The minimum absolute atomic E-state index is 0.226. The van der Waals surface area contributed by atoms with Gasteiger partial charge in [-0.15, -0.1) is 11.3 Å². The SMILES string of the molecule is CCc1noc(CC)c1C(=O)Nc1nc(CS(=O)(=O)c2ccc(C)cc2)cs1. The van der Waals surface area contributed by atoms with Crippen molar-refractivity contribution in [2.75, 3.05) is 5.32 Å². The number of aromatic nitrogens is 2. The Morgan fingerprint density at radius 3 is 2.54 bits per heavy atom. The van der Waals surface area contributed by atoms with Gasteiger partial charge < -0.3 is 4.52 Å². The Morgan fingerprint density at radius 2 is 1.89 bits per heavy atom. The number of sulfone groups is 1. The van der Waals surface area contributed by atoms with E-state index >= 15 is 0 Å². The molecular weight excluding hydrogens is 398 g/mol. The standard InChI is InChI=1S/C19H21N3O4S2/c1-4-15-17(16(5-2)26-22-15)18(23)21-19-20-13(10-27-19)11-28(24,25)14-8-6-12(3)7-9-14/h6-10H,4-5,11H2,1-3H3,(H,20,21,23). The number of hydrogen-bond acceptors (Lipinski definition) is 7. The number of rotatable bonds is 7. The lowest BCUT2D eigenvalue weighted by Crippen LogP contribution is -2.15. The average molecular weight is 420 g/mol. The van der Waals surface area contributed by atoms with Crippen LogP contribution in [-0.4, -0.2) is 24.5 Å². The van der Waals surface area contributed by atoms with Crippen LogP contribution in [0.5, 0.6) is 0 Å². The summed E-state index contributed by atoms with van der Waals surface area (Å²) in [6.07, 6.45) is 1.12. The van der Waals surface area contributed by atoms with Gasteiger partial charge in [0.1, 0.15) is 11.3 Å². The fourth-order valence-corrected chi connectivity index (χ4v) is 4.78. The molecule has 3 aromatic rings. The van der Waals surface area contributed by atoms with Crippen LogP contribution >= 0.6 is 11.3 Å². The Labute approximate surface area is 167 Å². The molecule has 2 heterocycles. The van der Waals surface area contributed by atoms with E-state index in [0.717, 1.165) is 5.56 Å². The third-order valence-electron chi connectivity index (χ3n) is 4.21. The lowest BCUT2D eigenvalue weighted by atomic mass is 10.1. The topological polar surface area (TPSA) is 102 Å². The van der Waals surface area contributed by atoms with Crippen LogP contribution in [0.1, 0.15) is 46.9 Å². The van der Waals surface area contributed by atoms with Crippen molar-refractivity contribution in [1.82, 2.24) is 10.1 Å². The van der Waals surface area contributed by atoms with Gasteiger partial charge in [0, 0.05) is 11.8 Å². The van der Waals surface area contributed by atoms with Crippen molar-refractivity contribution in [2.24, 2.45) is 0 Å². The lowest BCUT2D eigenvalue weighted by Gasteiger charge is -2.03. The third-order valence-corrected chi connectivity index (χ3v) is 6.68. The molecule has 0 aliphatic heterocycles. The molecule has 1 amide bonds. The number of aryl methyl sites for hydroxylation is 3. The summed E-state index contributed by atoms with van der Waals surface area (Å²) in [5.41, 5.74) is 2.39. The fourth-order valence-electron chi connectivity index (χ4n) is 2.72. The summed E-state index contributed by atoms with van der Waals surface area (Å²) in [7, 11) is -3.50. The molecule has 0 atom stereocenters. The monoisotopic (exact) mass is 419 g/mol. The van der Waals surface area contributed by atoms with Gasteiger partial charge >= 0.3 is 0 Å². The van der Waals surface area contributed by atoms with E-state index in [-0.39, 0.29) is 16.6 Å². The first-order valence-electron chi connectivity index (χ1n) is 8.86. The molecule has 0 aliphatic rings. The van der Waals surface area contributed by atoms with E-state index in [1.54, 1.807) is 29.6 Å². The number of amides is 1.